The van der Waals surface area contributed by atoms with E-state index in [9.17, 15) is 4.79 Å². The average Bonchev–Trinajstić information content (AvgIpc) is 2.70. The number of alkyl carbamates (subject to hydrolysis) is 1. The van der Waals surface area contributed by atoms with Crippen LogP contribution in [0.15, 0.2) is 24.4 Å². The molecule has 2 N–H and O–H groups in total. The van der Waals surface area contributed by atoms with Gasteiger partial charge in [-0.05, 0) is 61.5 Å². The van der Waals surface area contributed by atoms with Crippen molar-refractivity contribution >= 4 is 34.8 Å². The molecule has 0 bridgehead atoms. The van der Waals surface area contributed by atoms with Gasteiger partial charge in [-0.15, -0.1) is 0 Å². The molecule has 1 aliphatic heterocycles. The number of nitrogens with zero attached hydrogens (tertiary/aromatic N) is 1. The molecular formula is C21H31N3O4S. The van der Waals surface area contributed by atoms with Gasteiger partial charge in [-0.25, -0.2) is 9.78 Å². The molecule has 3 rings (SSSR count). The van der Waals surface area contributed by atoms with Gasteiger partial charge in [0.15, 0.2) is 5.11 Å². The molecule has 0 atom stereocenters. The Morgan fingerprint density at radius 2 is 1.97 bits per heavy atom. The number of hydrogen-bond acceptors (Lipinski definition) is 6. The SMILES string of the molecule is C1COCCO1.CCOC(=O)NC(=S)Nc1ncccc1C1=CCC(C)(C)CC1. The quantitative estimate of drug-likeness (QED) is 0.710. The summed E-state index contributed by atoms with van der Waals surface area (Å²) < 4.78 is 14.7. The molecule has 0 radical (unpaired) electrons. The van der Waals surface area contributed by atoms with Gasteiger partial charge >= 0.3 is 6.09 Å². The van der Waals surface area contributed by atoms with Gasteiger partial charge < -0.3 is 19.5 Å². The zero-order valence-electron chi connectivity index (χ0n) is 17.5. The summed E-state index contributed by atoms with van der Waals surface area (Å²) in [5.74, 6) is 0.653. The minimum Gasteiger partial charge on any atom is -0.450 e. The maximum Gasteiger partial charge on any atom is 0.413 e. The summed E-state index contributed by atoms with van der Waals surface area (Å²) in [4.78, 5) is 15.8. The summed E-state index contributed by atoms with van der Waals surface area (Å²) >= 11 is 5.14. The Balaban J connectivity index is 0.000000426. The van der Waals surface area contributed by atoms with Crippen LogP contribution in [0.25, 0.3) is 5.57 Å². The predicted molar refractivity (Wildman–Crippen MR) is 118 cm³/mol. The molecule has 1 aromatic heterocycles. The van der Waals surface area contributed by atoms with E-state index < -0.39 is 6.09 Å². The van der Waals surface area contributed by atoms with E-state index in [0.717, 1.165) is 51.3 Å². The number of thiocarbonyl (C=S) groups is 1. The third kappa shape index (κ3) is 8.47. The number of allylic oxidation sites excluding steroid dienone is 2. The second kappa shape index (κ2) is 11.8. The molecule has 29 heavy (non-hydrogen) atoms. The minimum absolute atomic E-state index is 0.181. The van der Waals surface area contributed by atoms with Crippen molar-refractivity contribution in [3.8, 4) is 0 Å². The third-order valence-electron chi connectivity index (χ3n) is 4.59. The summed E-state index contributed by atoms with van der Waals surface area (Å²) in [7, 11) is 0. The van der Waals surface area contributed by atoms with E-state index in [1.165, 1.54) is 5.57 Å². The van der Waals surface area contributed by atoms with E-state index in [0.29, 0.717) is 17.8 Å². The third-order valence-corrected chi connectivity index (χ3v) is 4.80. The number of carbonyl (C=O) groups is 1. The smallest absolute Gasteiger partial charge is 0.413 e. The number of amides is 1. The minimum atomic E-state index is -0.568. The molecule has 0 aromatic carbocycles. The van der Waals surface area contributed by atoms with Crippen molar-refractivity contribution in [2.24, 2.45) is 5.41 Å². The number of hydrogen-bond donors (Lipinski definition) is 2. The van der Waals surface area contributed by atoms with Gasteiger partial charge in [0, 0.05) is 11.8 Å². The lowest BCUT2D eigenvalue weighted by Gasteiger charge is -2.29. The fourth-order valence-electron chi connectivity index (χ4n) is 2.92. The van der Waals surface area contributed by atoms with E-state index in [1.807, 2.05) is 12.1 Å². The lowest BCUT2D eigenvalue weighted by molar-refractivity contribution is -0.0334. The van der Waals surface area contributed by atoms with Gasteiger partial charge in [-0.2, -0.15) is 0 Å². The van der Waals surface area contributed by atoms with Gasteiger partial charge in [-0.1, -0.05) is 19.9 Å². The van der Waals surface area contributed by atoms with E-state index in [2.05, 4.69) is 35.5 Å². The Hall–Kier alpha value is -2.03. The summed E-state index contributed by atoms with van der Waals surface area (Å²) in [5, 5.41) is 5.64. The second-order valence-corrected chi connectivity index (χ2v) is 7.93. The van der Waals surface area contributed by atoms with Crippen molar-refractivity contribution in [2.75, 3.05) is 38.4 Å². The summed E-state index contributed by atoms with van der Waals surface area (Å²) in [6.07, 6.45) is 6.59. The molecule has 160 valence electrons. The van der Waals surface area contributed by atoms with Crippen LogP contribution in [-0.4, -0.2) is 49.2 Å². The lowest BCUT2D eigenvalue weighted by atomic mass is 9.77. The Bertz CT molecular complexity index is 706. The Labute approximate surface area is 178 Å². The van der Waals surface area contributed by atoms with Crippen molar-refractivity contribution in [3.05, 3.63) is 30.0 Å². The highest BCUT2D eigenvalue weighted by molar-refractivity contribution is 7.80. The Kier molecular flexibility index (Phi) is 9.50. The normalized spacial score (nSPS) is 17.8. The molecule has 0 unspecified atom stereocenters. The maximum atomic E-state index is 11.4. The highest BCUT2D eigenvalue weighted by Gasteiger charge is 2.23. The number of ether oxygens (including phenoxy) is 3. The number of pyridine rings is 1. The maximum absolute atomic E-state index is 11.4. The van der Waals surface area contributed by atoms with E-state index >= 15 is 0 Å². The predicted octanol–water partition coefficient (Wildman–Crippen LogP) is 4.15. The fraction of sp³-hybridized carbons (Fsp3) is 0.571. The first-order valence-electron chi connectivity index (χ1n) is 9.96. The van der Waals surface area contributed by atoms with Crippen LogP contribution in [0, 0.1) is 5.41 Å². The van der Waals surface area contributed by atoms with Crippen molar-refractivity contribution in [1.29, 1.82) is 0 Å². The number of nitrogens with one attached hydrogen (secondary N) is 2. The standard InChI is InChI=1S/C17H23N3O2S.C4H8O2/c1-4-22-16(21)20-15(23)19-14-13(6-5-11-18-14)12-7-9-17(2,3)10-8-12;1-2-6-4-3-5-1/h5-7,11H,4,8-10H2,1-3H3,(H2,18,19,20,21,23);1-4H2. The molecule has 2 aliphatic rings. The van der Waals surface area contributed by atoms with Crippen LogP contribution in [0.3, 0.4) is 0 Å². The molecule has 2 heterocycles. The summed E-state index contributed by atoms with van der Waals surface area (Å²) in [6.45, 7) is 9.71. The van der Waals surface area contributed by atoms with Crippen LogP contribution in [0.1, 0.15) is 45.6 Å². The molecule has 0 spiro atoms. The molecule has 1 aliphatic carbocycles. The van der Waals surface area contributed by atoms with E-state index in [1.54, 1.807) is 13.1 Å². The number of carbonyl (C=O) groups excluding carboxylic acids is 1. The highest BCUT2D eigenvalue weighted by Crippen LogP contribution is 2.39. The van der Waals surface area contributed by atoms with E-state index in [-0.39, 0.29) is 5.11 Å². The molecule has 7 nitrogen and oxygen atoms in total. The van der Waals surface area contributed by atoms with Crippen LogP contribution in [0.5, 0.6) is 0 Å². The number of rotatable bonds is 3. The number of anilines is 1. The van der Waals surface area contributed by atoms with Crippen molar-refractivity contribution in [1.82, 2.24) is 10.3 Å². The highest BCUT2D eigenvalue weighted by atomic mass is 32.1. The zero-order valence-corrected chi connectivity index (χ0v) is 18.3. The molecule has 8 heteroatoms. The zero-order chi connectivity index (χ0) is 21.1. The largest absolute Gasteiger partial charge is 0.450 e. The monoisotopic (exact) mass is 421 g/mol. The Morgan fingerprint density at radius 3 is 2.52 bits per heavy atom. The van der Waals surface area contributed by atoms with Gasteiger partial charge in [0.05, 0.1) is 33.0 Å². The topological polar surface area (TPSA) is 81.7 Å². The van der Waals surface area contributed by atoms with Gasteiger partial charge in [0.1, 0.15) is 5.82 Å². The molecule has 1 fully saturated rings. The van der Waals surface area contributed by atoms with Gasteiger partial charge in [0.25, 0.3) is 0 Å². The van der Waals surface area contributed by atoms with Crippen LogP contribution in [0.2, 0.25) is 0 Å². The van der Waals surface area contributed by atoms with Crippen LogP contribution < -0.4 is 10.6 Å². The van der Waals surface area contributed by atoms with Crippen LogP contribution in [0.4, 0.5) is 10.6 Å². The van der Waals surface area contributed by atoms with Crippen LogP contribution >= 0.6 is 12.2 Å². The molecule has 0 saturated carbocycles. The van der Waals surface area contributed by atoms with Crippen molar-refractivity contribution in [2.45, 2.75) is 40.0 Å². The molecule has 1 aromatic rings. The second-order valence-electron chi connectivity index (χ2n) is 7.52. The lowest BCUT2D eigenvalue weighted by Crippen LogP contribution is -2.35. The van der Waals surface area contributed by atoms with Crippen LogP contribution in [-0.2, 0) is 14.2 Å². The first kappa shape index (κ1) is 23.3. The molecule has 1 saturated heterocycles. The van der Waals surface area contributed by atoms with E-state index in [4.69, 9.17) is 26.4 Å². The van der Waals surface area contributed by atoms with Gasteiger partial charge in [0.2, 0.25) is 0 Å². The summed E-state index contributed by atoms with van der Waals surface area (Å²) in [6, 6.07) is 3.93. The first-order valence-corrected chi connectivity index (χ1v) is 10.4. The molecular weight excluding hydrogens is 390 g/mol. The number of aromatic nitrogens is 1. The first-order chi connectivity index (χ1) is 13.9. The van der Waals surface area contributed by atoms with Crippen molar-refractivity contribution in [3.63, 3.8) is 0 Å². The summed E-state index contributed by atoms with van der Waals surface area (Å²) in [5.41, 5.74) is 2.63. The van der Waals surface area contributed by atoms with Gasteiger partial charge in [-0.3, -0.25) is 5.32 Å². The Morgan fingerprint density at radius 1 is 1.28 bits per heavy atom. The molecule has 1 amide bonds. The fourth-order valence-corrected chi connectivity index (χ4v) is 3.10. The average molecular weight is 422 g/mol. The van der Waals surface area contributed by atoms with Crippen molar-refractivity contribution < 1.29 is 19.0 Å².